The summed E-state index contributed by atoms with van der Waals surface area (Å²) in [6.07, 6.45) is 2.81. The predicted octanol–water partition coefficient (Wildman–Crippen LogP) is 0.705. The van der Waals surface area contributed by atoms with E-state index in [1.807, 2.05) is 0 Å². The van der Waals surface area contributed by atoms with E-state index in [2.05, 4.69) is 0 Å². The number of piperidine rings is 1. The number of nitrogens with zero attached hydrogens (tertiary/aromatic N) is 1. The number of rotatable bonds is 4. The van der Waals surface area contributed by atoms with Gasteiger partial charge >= 0.3 is 5.97 Å². The second-order valence-corrected chi connectivity index (χ2v) is 4.91. The quantitative estimate of drug-likeness (QED) is 0.842. The van der Waals surface area contributed by atoms with Crippen LogP contribution in [0.2, 0.25) is 0 Å². The van der Waals surface area contributed by atoms with E-state index < -0.39 is 5.97 Å². The van der Waals surface area contributed by atoms with Crippen LogP contribution in [0.25, 0.3) is 0 Å². The Balaban J connectivity index is 1.94. The van der Waals surface area contributed by atoms with E-state index in [0.29, 0.717) is 32.4 Å². The molecule has 0 spiro atoms. The zero-order valence-corrected chi connectivity index (χ0v) is 10.9. The minimum atomic E-state index is -1.13. The van der Waals surface area contributed by atoms with Crippen molar-refractivity contribution in [1.82, 2.24) is 4.90 Å². The first-order valence-corrected chi connectivity index (χ1v) is 6.36. The molecule has 20 heavy (non-hydrogen) atoms. The zero-order chi connectivity index (χ0) is 14.7. The van der Waals surface area contributed by atoms with Crippen molar-refractivity contribution >= 4 is 17.8 Å². The summed E-state index contributed by atoms with van der Waals surface area (Å²) < 4.78 is 4.99. The molecule has 1 fully saturated rings. The molecule has 108 valence electrons. The molecule has 0 bridgehead atoms. The lowest BCUT2D eigenvalue weighted by Gasteiger charge is -2.30. The molecule has 7 nitrogen and oxygen atoms in total. The van der Waals surface area contributed by atoms with Crippen LogP contribution in [0.5, 0.6) is 0 Å². The first kappa shape index (κ1) is 14.1. The molecule has 1 aromatic rings. The van der Waals surface area contributed by atoms with E-state index in [-0.39, 0.29) is 29.1 Å². The Labute approximate surface area is 115 Å². The van der Waals surface area contributed by atoms with Gasteiger partial charge in [-0.3, -0.25) is 9.59 Å². The van der Waals surface area contributed by atoms with Gasteiger partial charge in [0, 0.05) is 25.6 Å². The predicted molar refractivity (Wildman–Crippen MR) is 68.1 cm³/mol. The van der Waals surface area contributed by atoms with Crippen LogP contribution in [-0.2, 0) is 4.79 Å². The Bertz CT molecular complexity index is 529. The summed E-state index contributed by atoms with van der Waals surface area (Å²) >= 11 is 0. The van der Waals surface area contributed by atoms with Crippen molar-refractivity contribution in [2.24, 2.45) is 11.7 Å². The van der Waals surface area contributed by atoms with Crippen LogP contribution in [0, 0.1) is 5.92 Å². The van der Waals surface area contributed by atoms with E-state index in [0.717, 1.165) is 6.26 Å². The Morgan fingerprint density at radius 3 is 2.50 bits per heavy atom. The van der Waals surface area contributed by atoms with Crippen LogP contribution in [0.1, 0.15) is 40.2 Å². The van der Waals surface area contributed by atoms with Gasteiger partial charge in [-0.2, -0.15) is 0 Å². The third kappa shape index (κ3) is 3.17. The number of carboxylic acids is 1. The molecule has 0 unspecified atom stereocenters. The number of carboxylic acid groups (broad SMARTS) is 1. The fourth-order valence-electron chi connectivity index (χ4n) is 2.34. The van der Waals surface area contributed by atoms with Crippen molar-refractivity contribution in [3.8, 4) is 0 Å². The second kappa shape index (κ2) is 5.77. The number of hydrogen-bond donors (Lipinski definition) is 2. The van der Waals surface area contributed by atoms with Crippen molar-refractivity contribution in [2.75, 3.05) is 13.1 Å². The largest absolute Gasteiger partial charge is 0.478 e. The molecule has 0 saturated carbocycles. The molecule has 3 N–H and O–H groups in total. The molecular formula is C13H16N2O5. The second-order valence-electron chi connectivity index (χ2n) is 4.91. The summed E-state index contributed by atoms with van der Waals surface area (Å²) in [5, 5.41) is 8.78. The van der Waals surface area contributed by atoms with Crippen LogP contribution < -0.4 is 5.73 Å². The molecule has 1 aromatic heterocycles. The van der Waals surface area contributed by atoms with Gasteiger partial charge in [-0.05, 0) is 18.8 Å². The number of primary amides is 1. The van der Waals surface area contributed by atoms with E-state index in [1.165, 1.54) is 6.07 Å². The molecule has 0 radical (unpaired) electrons. The van der Waals surface area contributed by atoms with Crippen molar-refractivity contribution < 1.29 is 23.9 Å². The molecule has 2 amide bonds. The van der Waals surface area contributed by atoms with Gasteiger partial charge in [-0.1, -0.05) is 0 Å². The maximum atomic E-state index is 12.1. The van der Waals surface area contributed by atoms with Gasteiger partial charge < -0.3 is 20.2 Å². The number of carbonyl (C=O) groups is 3. The maximum absolute atomic E-state index is 12.1. The van der Waals surface area contributed by atoms with Crippen LogP contribution in [0.4, 0.5) is 0 Å². The minimum Gasteiger partial charge on any atom is -0.478 e. The Morgan fingerprint density at radius 1 is 1.35 bits per heavy atom. The molecule has 2 heterocycles. The standard InChI is InChI=1S/C13H16N2O5/c14-11(16)5-8-1-3-15(4-2-8)12(17)10-6-9(7-20-10)13(18)19/h6-8H,1-5H2,(H2,14,16)(H,18,19). The van der Waals surface area contributed by atoms with Crippen molar-refractivity contribution in [3.05, 3.63) is 23.7 Å². The van der Waals surface area contributed by atoms with Gasteiger partial charge in [0.2, 0.25) is 5.91 Å². The number of amides is 2. The van der Waals surface area contributed by atoms with E-state index in [4.69, 9.17) is 15.3 Å². The fraction of sp³-hybridized carbons (Fsp3) is 0.462. The van der Waals surface area contributed by atoms with Gasteiger partial charge in [0.1, 0.15) is 6.26 Å². The molecular weight excluding hydrogens is 264 g/mol. The molecule has 0 aliphatic carbocycles. The first-order valence-electron chi connectivity index (χ1n) is 6.36. The van der Waals surface area contributed by atoms with Crippen LogP contribution in [0.15, 0.2) is 16.7 Å². The summed E-state index contributed by atoms with van der Waals surface area (Å²) in [4.78, 5) is 35.3. The number of nitrogens with two attached hydrogens (primary N) is 1. The third-order valence-electron chi connectivity index (χ3n) is 3.45. The highest BCUT2D eigenvalue weighted by Gasteiger charge is 2.26. The maximum Gasteiger partial charge on any atom is 0.338 e. The molecule has 7 heteroatoms. The van der Waals surface area contributed by atoms with E-state index in [1.54, 1.807) is 4.90 Å². The van der Waals surface area contributed by atoms with Crippen LogP contribution in [0.3, 0.4) is 0 Å². The molecule has 0 aromatic carbocycles. The number of hydrogen-bond acceptors (Lipinski definition) is 4. The smallest absolute Gasteiger partial charge is 0.338 e. The van der Waals surface area contributed by atoms with Gasteiger partial charge in [0.05, 0.1) is 5.56 Å². The third-order valence-corrected chi connectivity index (χ3v) is 3.45. The summed E-state index contributed by atoms with van der Waals surface area (Å²) in [6.45, 7) is 1.03. The Morgan fingerprint density at radius 2 is 2.00 bits per heavy atom. The molecule has 1 aliphatic heterocycles. The zero-order valence-electron chi connectivity index (χ0n) is 10.9. The summed E-state index contributed by atoms with van der Waals surface area (Å²) in [5.74, 6) is -1.55. The SMILES string of the molecule is NC(=O)CC1CCN(C(=O)c2cc(C(=O)O)co2)CC1. The van der Waals surface area contributed by atoms with Crippen LogP contribution in [-0.4, -0.2) is 40.9 Å². The average molecular weight is 280 g/mol. The monoisotopic (exact) mass is 280 g/mol. The van der Waals surface area contributed by atoms with Crippen molar-refractivity contribution in [2.45, 2.75) is 19.3 Å². The summed E-state index contributed by atoms with van der Waals surface area (Å²) in [5.41, 5.74) is 5.11. The summed E-state index contributed by atoms with van der Waals surface area (Å²) in [7, 11) is 0. The lowest BCUT2D eigenvalue weighted by atomic mass is 9.93. The Hall–Kier alpha value is -2.31. The number of furan rings is 1. The topological polar surface area (TPSA) is 114 Å². The molecule has 1 saturated heterocycles. The van der Waals surface area contributed by atoms with Gasteiger partial charge in [0.25, 0.3) is 5.91 Å². The number of likely N-dealkylation sites (tertiary alicyclic amines) is 1. The highest BCUT2D eigenvalue weighted by atomic mass is 16.4. The van der Waals surface area contributed by atoms with E-state index >= 15 is 0 Å². The molecule has 2 rings (SSSR count). The van der Waals surface area contributed by atoms with Crippen molar-refractivity contribution in [1.29, 1.82) is 0 Å². The van der Waals surface area contributed by atoms with Gasteiger partial charge in [-0.25, -0.2) is 4.79 Å². The number of carbonyl (C=O) groups excluding carboxylic acids is 2. The number of aromatic carboxylic acids is 1. The summed E-state index contributed by atoms with van der Waals surface area (Å²) in [6, 6.07) is 1.22. The molecule has 1 aliphatic rings. The lowest BCUT2D eigenvalue weighted by molar-refractivity contribution is -0.119. The van der Waals surface area contributed by atoms with Gasteiger partial charge in [-0.15, -0.1) is 0 Å². The minimum absolute atomic E-state index is 0.0238. The Kier molecular flexibility index (Phi) is 4.07. The first-order chi connectivity index (χ1) is 9.47. The van der Waals surface area contributed by atoms with Crippen LogP contribution >= 0.6 is 0 Å². The normalized spacial score (nSPS) is 16.1. The lowest BCUT2D eigenvalue weighted by Crippen LogP contribution is -2.39. The highest BCUT2D eigenvalue weighted by Crippen LogP contribution is 2.22. The van der Waals surface area contributed by atoms with Gasteiger partial charge in [0.15, 0.2) is 5.76 Å². The fourth-order valence-corrected chi connectivity index (χ4v) is 2.34. The average Bonchev–Trinajstić information content (AvgIpc) is 2.88. The molecule has 0 atom stereocenters. The van der Waals surface area contributed by atoms with Crippen molar-refractivity contribution in [3.63, 3.8) is 0 Å². The highest BCUT2D eigenvalue weighted by molar-refractivity contribution is 5.95. The van der Waals surface area contributed by atoms with E-state index in [9.17, 15) is 14.4 Å².